The Morgan fingerprint density at radius 1 is 1.67 bits per heavy atom. The number of thiol groups is 1. The Morgan fingerprint density at radius 2 is 1.67 bits per heavy atom. The van der Waals surface area contributed by atoms with E-state index in [2.05, 4.69) is 31.8 Å². The van der Waals surface area contributed by atoms with E-state index < -0.39 is 6.29 Å². The van der Waals surface area contributed by atoms with Crippen LogP contribution in [0.4, 0.5) is 0 Å². The molecule has 0 heterocycles. The summed E-state index contributed by atoms with van der Waals surface area (Å²) in [5.41, 5.74) is 4.71. The quantitative estimate of drug-likeness (QED) is 0.101. The van der Waals surface area contributed by atoms with Crippen molar-refractivity contribution in [2.24, 2.45) is 5.73 Å². The first-order valence-electron chi connectivity index (χ1n) is 1.64. The first-order valence-corrected chi connectivity index (χ1v) is 2.50. The molecule has 0 aliphatic heterocycles. The number of nitrogens with two attached hydrogens (primary N) is 1. The average Bonchev–Trinajstić information content (AvgIpc) is 1.25. The summed E-state index contributed by atoms with van der Waals surface area (Å²) in [5, 5.41) is 15.0. The molecule has 0 aromatic carbocycles. The second-order valence-corrected chi connectivity index (χ2v) is 2.04. The van der Waals surface area contributed by atoms with Crippen LogP contribution in [0.5, 0.6) is 0 Å². The van der Waals surface area contributed by atoms with Gasteiger partial charge >= 0.3 is 29.6 Å². The first-order chi connectivity index (χ1) is 3.46. The van der Waals surface area contributed by atoms with Gasteiger partial charge in [0.15, 0.2) is 0 Å². The molecule has 0 amide bonds. The zero-order valence-electron chi connectivity index (χ0n) is 5.11. The van der Waals surface area contributed by atoms with Gasteiger partial charge in [-0.1, -0.05) is 12.2 Å². The maximum absolute atomic E-state index is 7.50. The van der Waals surface area contributed by atoms with Crippen molar-refractivity contribution >= 4 is 29.2 Å². The normalized spacial score (nSPS) is 6.78. The van der Waals surface area contributed by atoms with Crippen molar-refractivity contribution < 1.29 is 39.8 Å². The smallest absolute Gasteiger partial charge is 0.399 e. The van der Waals surface area contributed by atoms with E-state index in [9.17, 15) is 0 Å². The molecule has 0 aromatic heterocycles. The summed E-state index contributed by atoms with van der Waals surface area (Å²) < 4.78 is 0.194. The fourth-order valence-electron chi connectivity index (χ4n) is 0. The van der Waals surface area contributed by atoms with E-state index in [1.807, 2.05) is 0 Å². The van der Waals surface area contributed by atoms with Crippen LogP contribution < -0.4 is 35.3 Å². The van der Waals surface area contributed by atoms with Crippen molar-refractivity contribution in [3.63, 3.8) is 0 Å². The van der Waals surface area contributed by atoms with Gasteiger partial charge in [0.2, 0.25) is 0 Å². The number of rotatable bonds is 0. The molecule has 0 rings (SSSR count). The van der Waals surface area contributed by atoms with Gasteiger partial charge in [0.05, 0.1) is 0 Å². The number of hydrogen-bond acceptors (Lipinski definition) is 3. The average molecular weight is 177 g/mol. The Labute approximate surface area is 87.3 Å². The topological polar surface area (TPSA) is 66.5 Å². The molecule has 0 aromatic rings. The van der Waals surface area contributed by atoms with Crippen LogP contribution in [0.15, 0.2) is 0 Å². The van der Waals surface area contributed by atoms with Gasteiger partial charge in [-0.25, -0.2) is 0 Å². The van der Waals surface area contributed by atoms with Crippen molar-refractivity contribution in [3.8, 4) is 0 Å². The molecule has 3 nitrogen and oxygen atoms in total. The minimum absolute atomic E-state index is 0. The Kier molecular flexibility index (Phi) is 22.0. The molecule has 0 atom stereocenters. The van der Waals surface area contributed by atoms with Gasteiger partial charge in [-0.05, 0) is 0 Å². The molecule has 0 unspecified atom stereocenters. The van der Waals surface area contributed by atoms with Crippen LogP contribution in [0, 0.1) is 6.92 Å². The summed E-state index contributed by atoms with van der Waals surface area (Å²) in [4.78, 5) is 0. The van der Waals surface area contributed by atoms with Gasteiger partial charge in [-0.2, -0.15) is 0 Å². The Balaban J connectivity index is -0.0000000720. The summed E-state index contributed by atoms with van der Waals surface area (Å²) in [6, 6.07) is 0. The molecule has 4 N–H and O–H groups in total. The van der Waals surface area contributed by atoms with Gasteiger partial charge in [-0.15, -0.1) is 12.6 Å². The van der Waals surface area contributed by atoms with E-state index >= 15 is 0 Å². The van der Waals surface area contributed by atoms with Crippen molar-refractivity contribution in [3.05, 3.63) is 6.92 Å². The molecule has 0 fully saturated rings. The van der Waals surface area contributed by atoms with Crippen molar-refractivity contribution in [2.45, 2.75) is 6.29 Å². The molecular weight excluding hydrogens is 169 g/mol. The SMILES string of the molecule is NC(=S)S.[CH2-]C(O)O.[Na+]. The molecule has 9 heavy (non-hydrogen) atoms. The fraction of sp³-hybridized carbons (Fsp3) is 0.333. The van der Waals surface area contributed by atoms with Crippen LogP contribution in [-0.4, -0.2) is 20.8 Å². The molecule has 0 bridgehead atoms. The second kappa shape index (κ2) is 11.9. The predicted molar refractivity (Wildman–Crippen MR) is 39.4 cm³/mol. The molecule has 0 saturated carbocycles. The molecule has 0 spiro atoms. The maximum atomic E-state index is 7.50. The number of aliphatic hydroxyl groups excluding tert-OH is 1. The summed E-state index contributed by atoms with van der Waals surface area (Å²) in [6.45, 7) is 2.75. The maximum Gasteiger partial charge on any atom is 1.00 e. The zero-order valence-corrected chi connectivity index (χ0v) is 8.82. The van der Waals surface area contributed by atoms with Crippen molar-refractivity contribution in [1.29, 1.82) is 0 Å². The van der Waals surface area contributed by atoms with E-state index in [0.29, 0.717) is 0 Å². The Bertz CT molecular complexity index is 64.1. The van der Waals surface area contributed by atoms with Gasteiger partial charge in [-0.3, -0.25) is 6.92 Å². The van der Waals surface area contributed by atoms with E-state index in [-0.39, 0.29) is 33.9 Å². The monoisotopic (exact) mass is 177 g/mol. The molecular formula is C3H8NNaO2S2. The minimum atomic E-state index is -1.42. The summed E-state index contributed by atoms with van der Waals surface area (Å²) in [6.07, 6.45) is -1.42. The van der Waals surface area contributed by atoms with Crippen LogP contribution in [0.1, 0.15) is 0 Å². The summed E-state index contributed by atoms with van der Waals surface area (Å²) in [7, 11) is 0. The third-order valence-electron chi connectivity index (χ3n) is 0. The van der Waals surface area contributed by atoms with E-state index in [1.54, 1.807) is 0 Å². The minimum Gasteiger partial charge on any atom is -0.399 e. The molecule has 6 heteroatoms. The third-order valence-corrected chi connectivity index (χ3v) is 0. The van der Waals surface area contributed by atoms with Crippen LogP contribution >= 0.6 is 24.8 Å². The Hall–Kier alpha value is 1.16. The standard InChI is InChI=1S/C2H5O2.CH3NS2.Na/c1-2(3)4;2-1(3)4;/h2-4H,1H2;(H3,2,3,4);/q-1;;+1. The Morgan fingerprint density at radius 3 is 1.67 bits per heavy atom. The van der Waals surface area contributed by atoms with Crippen LogP contribution in [0.25, 0.3) is 0 Å². The van der Waals surface area contributed by atoms with Crippen LogP contribution in [0.2, 0.25) is 0 Å². The van der Waals surface area contributed by atoms with Crippen molar-refractivity contribution in [2.75, 3.05) is 0 Å². The summed E-state index contributed by atoms with van der Waals surface area (Å²) >= 11 is 7.65. The van der Waals surface area contributed by atoms with Gasteiger partial charge < -0.3 is 15.9 Å². The molecule has 0 radical (unpaired) electrons. The third kappa shape index (κ3) is 349. The largest absolute Gasteiger partial charge is 1.00 e. The second-order valence-electron chi connectivity index (χ2n) is 0.819. The predicted octanol–water partition coefficient (Wildman–Crippen LogP) is -3.71. The first kappa shape index (κ1) is 16.6. The zero-order chi connectivity index (χ0) is 7.15. The van der Waals surface area contributed by atoms with Gasteiger partial charge in [0.1, 0.15) is 4.32 Å². The fourth-order valence-corrected chi connectivity index (χ4v) is 0. The molecule has 50 valence electrons. The number of aliphatic hydroxyl groups is 2. The van der Waals surface area contributed by atoms with Crippen LogP contribution in [0.3, 0.4) is 0 Å². The molecule has 0 aliphatic carbocycles. The number of thiocarbonyl (C=S) groups is 1. The summed E-state index contributed by atoms with van der Waals surface area (Å²) in [5.74, 6) is 0. The van der Waals surface area contributed by atoms with E-state index in [1.165, 1.54) is 0 Å². The molecule has 0 aliphatic rings. The van der Waals surface area contributed by atoms with Gasteiger partial charge in [0.25, 0.3) is 0 Å². The molecule has 0 saturated heterocycles. The van der Waals surface area contributed by atoms with E-state index in [4.69, 9.17) is 15.9 Å². The van der Waals surface area contributed by atoms with E-state index in [0.717, 1.165) is 0 Å². The number of hydrogen-bond donors (Lipinski definition) is 4. The van der Waals surface area contributed by atoms with Crippen molar-refractivity contribution in [1.82, 2.24) is 0 Å². The van der Waals surface area contributed by atoms with Gasteiger partial charge in [0, 0.05) is 6.29 Å². The van der Waals surface area contributed by atoms with Crippen LogP contribution in [-0.2, 0) is 0 Å².